The molecule has 2 aromatic carbocycles. The topological polar surface area (TPSA) is 97.2 Å². The van der Waals surface area contributed by atoms with Crippen LogP contribution in [0.3, 0.4) is 0 Å². The molecule has 0 saturated carbocycles. The van der Waals surface area contributed by atoms with Gasteiger partial charge in [-0.25, -0.2) is 13.8 Å². The number of halogens is 3. The predicted molar refractivity (Wildman–Crippen MR) is 113 cm³/mol. The first-order valence-corrected chi connectivity index (χ1v) is 10.2. The summed E-state index contributed by atoms with van der Waals surface area (Å²) in [5.74, 6) is -3.45. The van der Waals surface area contributed by atoms with Gasteiger partial charge < -0.3 is 15.4 Å². The summed E-state index contributed by atoms with van der Waals surface area (Å²) in [6, 6.07) is 8.82. The molecule has 4 rings (SSSR count). The second-order valence-corrected chi connectivity index (χ2v) is 7.69. The Labute approximate surface area is 187 Å². The van der Waals surface area contributed by atoms with Gasteiger partial charge in [-0.2, -0.15) is 9.65 Å². The predicted octanol–water partition coefficient (Wildman–Crippen LogP) is 3.40. The number of ether oxygens (including phenoxy) is 1. The number of amides is 1. The molecule has 1 saturated heterocycles. The number of piperidine rings is 1. The molecule has 2 heterocycles. The molecule has 33 heavy (non-hydrogen) atoms. The van der Waals surface area contributed by atoms with Crippen molar-refractivity contribution in [1.82, 2.24) is 14.5 Å². The van der Waals surface area contributed by atoms with Crippen LogP contribution in [0.25, 0.3) is 17.1 Å². The molecule has 1 atom stereocenters. The Bertz CT molecular complexity index is 1270. The summed E-state index contributed by atoms with van der Waals surface area (Å²) in [6.07, 6.45) is 1.42. The molecule has 0 spiro atoms. The molecular formula is C23H20F3N5O2. The van der Waals surface area contributed by atoms with Crippen LogP contribution in [0.15, 0.2) is 36.4 Å². The molecule has 1 aliphatic heterocycles. The van der Waals surface area contributed by atoms with Gasteiger partial charge in [-0.05, 0) is 43.2 Å². The van der Waals surface area contributed by atoms with Crippen molar-refractivity contribution in [3.8, 4) is 28.9 Å². The third-order valence-corrected chi connectivity index (χ3v) is 5.51. The quantitative estimate of drug-likeness (QED) is 0.651. The van der Waals surface area contributed by atoms with Gasteiger partial charge in [-0.3, -0.25) is 9.36 Å². The Morgan fingerprint density at radius 2 is 2.00 bits per heavy atom. The van der Waals surface area contributed by atoms with Crippen LogP contribution in [0.4, 0.5) is 13.2 Å². The van der Waals surface area contributed by atoms with E-state index in [0.29, 0.717) is 13.0 Å². The number of benzene rings is 2. The zero-order valence-electron chi connectivity index (χ0n) is 17.7. The van der Waals surface area contributed by atoms with Crippen LogP contribution >= 0.6 is 0 Å². The zero-order chi connectivity index (χ0) is 23.7. The smallest absolute Gasteiger partial charge is 0.277 e. The van der Waals surface area contributed by atoms with Crippen LogP contribution in [0.1, 0.15) is 28.9 Å². The lowest BCUT2D eigenvalue weighted by Crippen LogP contribution is -2.46. The summed E-state index contributed by atoms with van der Waals surface area (Å²) in [5, 5.41) is 8.99. The van der Waals surface area contributed by atoms with E-state index in [-0.39, 0.29) is 41.0 Å². The summed E-state index contributed by atoms with van der Waals surface area (Å²) < 4.78 is 50.2. The van der Waals surface area contributed by atoms with Crippen LogP contribution in [-0.2, 0) is 0 Å². The normalized spacial score (nSPS) is 15.9. The molecule has 3 aromatic rings. The number of imidazole rings is 1. The lowest BCUT2D eigenvalue weighted by molar-refractivity contribution is 0.0698. The van der Waals surface area contributed by atoms with E-state index in [1.807, 2.05) is 0 Å². The van der Waals surface area contributed by atoms with Crippen molar-refractivity contribution in [2.45, 2.75) is 18.9 Å². The summed E-state index contributed by atoms with van der Waals surface area (Å²) in [6.45, 7) is 0.653. The number of aromatic nitrogens is 2. The second-order valence-electron chi connectivity index (χ2n) is 7.69. The second kappa shape index (κ2) is 8.96. The fourth-order valence-electron chi connectivity index (χ4n) is 3.85. The Kier molecular flexibility index (Phi) is 6.07. The summed E-state index contributed by atoms with van der Waals surface area (Å²) in [4.78, 5) is 18.7. The van der Waals surface area contributed by atoms with Gasteiger partial charge in [0, 0.05) is 30.8 Å². The maximum atomic E-state index is 15.6. The third kappa shape index (κ3) is 4.15. The number of nitrogens with two attached hydrogens (primary N) is 1. The van der Waals surface area contributed by atoms with Gasteiger partial charge in [-0.15, -0.1) is 0 Å². The maximum Gasteiger partial charge on any atom is 0.277 e. The SMILES string of the molecule is COc1ccc(-n2c(-c3ccc(C#N)c(F)c3)nc(C(=O)N3CCC[C@@H](N)C3)c2F)cc1F. The van der Waals surface area contributed by atoms with E-state index in [1.165, 1.54) is 36.3 Å². The first-order valence-electron chi connectivity index (χ1n) is 10.2. The number of nitriles is 1. The zero-order valence-corrected chi connectivity index (χ0v) is 17.7. The molecule has 1 fully saturated rings. The molecular weight excluding hydrogens is 435 g/mol. The Hall–Kier alpha value is -3.84. The number of nitrogens with zero attached hydrogens (tertiary/aromatic N) is 4. The maximum absolute atomic E-state index is 15.6. The van der Waals surface area contributed by atoms with E-state index in [1.54, 1.807) is 6.07 Å². The van der Waals surface area contributed by atoms with E-state index in [9.17, 15) is 13.6 Å². The first kappa shape index (κ1) is 22.4. The van der Waals surface area contributed by atoms with Gasteiger partial charge in [0.1, 0.15) is 17.7 Å². The number of methoxy groups -OCH3 is 1. The standard InChI is InChI=1S/C23H20F3N5O2/c1-33-19-7-6-16(10-18(19)25)31-21(26)20(23(32)30-8-2-3-15(28)12-30)29-22(31)13-4-5-14(11-27)17(24)9-13/h4-7,9-10,15H,2-3,8,12,28H2,1H3/t15-/m1/s1. The van der Waals surface area contributed by atoms with Crippen molar-refractivity contribution in [2.75, 3.05) is 20.2 Å². The minimum absolute atomic E-state index is 0.0208. The van der Waals surface area contributed by atoms with Gasteiger partial charge in [0.05, 0.1) is 18.4 Å². The molecule has 1 aliphatic rings. The van der Waals surface area contributed by atoms with Crippen molar-refractivity contribution in [1.29, 1.82) is 5.26 Å². The molecule has 10 heteroatoms. The van der Waals surface area contributed by atoms with Gasteiger partial charge >= 0.3 is 0 Å². The van der Waals surface area contributed by atoms with E-state index < -0.39 is 29.2 Å². The monoisotopic (exact) mass is 455 g/mol. The van der Waals surface area contributed by atoms with Gasteiger partial charge in [-0.1, -0.05) is 0 Å². The average molecular weight is 455 g/mol. The van der Waals surface area contributed by atoms with E-state index in [4.69, 9.17) is 15.7 Å². The molecule has 1 aromatic heterocycles. The lowest BCUT2D eigenvalue weighted by atomic mass is 10.1. The number of likely N-dealkylation sites (tertiary alicyclic amines) is 1. The van der Waals surface area contributed by atoms with Crippen LogP contribution < -0.4 is 10.5 Å². The highest BCUT2D eigenvalue weighted by molar-refractivity contribution is 5.93. The summed E-state index contributed by atoms with van der Waals surface area (Å²) in [7, 11) is 1.29. The Balaban J connectivity index is 1.88. The number of carbonyl (C=O) groups excluding carboxylic acids is 1. The Morgan fingerprint density at radius 1 is 1.21 bits per heavy atom. The largest absolute Gasteiger partial charge is 0.494 e. The highest BCUT2D eigenvalue weighted by Crippen LogP contribution is 2.30. The number of carbonyl (C=O) groups is 1. The van der Waals surface area contributed by atoms with Crippen molar-refractivity contribution in [2.24, 2.45) is 5.73 Å². The van der Waals surface area contributed by atoms with Gasteiger partial charge in [0.15, 0.2) is 17.3 Å². The van der Waals surface area contributed by atoms with E-state index >= 15 is 4.39 Å². The van der Waals surface area contributed by atoms with Crippen LogP contribution in [0.2, 0.25) is 0 Å². The number of rotatable bonds is 4. The third-order valence-electron chi connectivity index (χ3n) is 5.51. The average Bonchev–Trinajstić information content (AvgIpc) is 3.15. The summed E-state index contributed by atoms with van der Waals surface area (Å²) in [5.41, 5.74) is 5.39. The van der Waals surface area contributed by atoms with Crippen molar-refractivity contribution in [3.05, 3.63) is 65.2 Å². The molecule has 2 N–H and O–H groups in total. The van der Waals surface area contributed by atoms with Gasteiger partial charge in [0.25, 0.3) is 5.91 Å². The number of hydrogen-bond donors (Lipinski definition) is 1. The fourth-order valence-corrected chi connectivity index (χ4v) is 3.85. The first-order chi connectivity index (χ1) is 15.8. The molecule has 7 nitrogen and oxygen atoms in total. The highest BCUT2D eigenvalue weighted by atomic mass is 19.1. The molecule has 1 amide bonds. The van der Waals surface area contributed by atoms with Gasteiger partial charge in [0.2, 0.25) is 5.95 Å². The van der Waals surface area contributed by atoms with E-state index in [2.05, 4.69) is 4.98 Å². The highest BCUT2D eigenvalue weighted by Gasteiger charge is 2.30. The van der Waals surface area contributed by atoms with Crippen molar-refractivity contribution >= 4 is 5.91 Å². The summed E-state index contributed by atoms with van der Waals surface area (Å²) >= 11 is 0. The molecule has 0 radical (unpaired) electrons. The Morgan fingerprint density at radius 3 is 2.64 bits per heavy atom. The minimum atomic E-state index is -1.02. The van der Waals surface area contributed by atoms with Crippen LogP contribution in [0.5, 0.6) is 5.75 Å². The lowest BCUT2D eigenvalue weighted by Gasteiger charge is -2.30. The molecule has 0 bridgehead atoms. The van der Waals surface area contributed by atoms with E-state index in [0.717, 1.165) is 23.1 Å². The minimum Gasteiger partial charge on any atom is -0.494 e. The molecule has 170 valence electrons. The van der Waals surface area contributed by atoms with Crippen molar-refractivity contribution in [3.63, 3.8) is 0 Å². The van der Waals surface area contributed by atoms with Crippen molar-refractivity contribution < 1.29 is 22.7 Å². The fraction of sp³-hybridized carbons (Fsp3) is 0.261. The molecule has 0 aliphatic carbocycles. The molecule has 0 unspecified atom stereocenters. The number of hydrogen-bond acceptors (Lipinski definition) is 5. The van der Waals surface area contributed by atoms with Crippen LogP contribution in [-0.4, -0.2) is 46.6 Å². The van der Waals surface area contributed by atoms with Crippen LogP contribution in [0, 0.1) is 28.9 Å².